The van der Waals surface area contributed by atoms with Crippen molar-refractivity contribution in [3.8, 4) is 0 Å². The van der Waals surface area contributed by atoms with Crippen LogP contribution < -0.4 is 16.0 Å². The first-order chi connectivity index (χ1) is 9.67. The number of amides is 1. The monoisotopic (exact) mass is 293 g/mol. The van der Waals surface area contributed by atoms with Gasteiger partial charge in [0.1, 0.15) is 10.6 Å². The molecule has 0 radical (unpaired) electrons. The molecule has 0 saturated heterocycles. The number of nitrogens with one attached hydrogen (secondary N) is 3. The zero-order valence-corrected chi connectivity index (χ0v) is 12.7. The SMILES string of the molecule is CCc1cc2c(NCCC(=O)NC)nc(NC)nc2s1. The minimum atomic E-state index is 0.0104. The lowest BCUT2D eigenvalue weighted by molar-refractivity contribution is -0.120. The minimum absolute atomic E-state index is 0.0104. The molecule has 0 fully saturated rings. The molecule has 0 aliphatic heterocycles. The van der Waals surface area contributed by atoms with Gasteiger partial charge in [-0.05, 0) is 12.5 Å². The zero-order chi connectivity index (χ0) is 14.5. The molecule has 2 heterocycles. The summed E-state index contributed by atoms with van der Waals surface area (Å²) in [4.78, 5) is 22.4. The van der Waals surface area contributed by atoms with Gasteiger partial charge in [-0.1, -0.05) is 6.92 Å². The Morgan fingerprint density at radius 3 is 2.80 bits per heavy atom. The fourth-order valence-corrected chi connectivity index (χ4v) is 2.78. The highest BCUT2D eigenvalue weighted by Crippen LogP contribution is 2.30. The Kier molecular flexibility index (Phi) is 4.73. The van der Waals surface area contributed by atoms with Crippen LogP contribution in [0, 0.1) is 0 Å². The molecular weight excluding hydrogens is 274 g/mol. The topological polar surface area (TPSA) is 78.9 Å². The Morgan fingerprint density at radius 2 is 2.15 bits per heavy atom. The van der Waals surface area contributed by atoms with Gasteiger partial charge >= 0.3 is 0 Å². The molecule has 0 spiro atoms. The first kappa shape index (κ1) is 14.5. The molecule has 6 nitrogen and oxygen atoms in total. The van der Waals surface area contributed by atoms with E-state index < -0.39 is 0 Å². The van der Waals surface area contributed by atoms with Crippen LogP contribution in [-0.2, 0) is 11.2 Å². The molecule has 7 heteroatoms. The van der Waals surface area contributed by atoms with Gasteiger partial charge in [0.15, 0.2) is 0 Å². The van der Waals surface area contributed by atoms with E-state index in [0.29, 0.717) is 18.9 Å². The number of thiophene rings is 1. The lowest BCUT2D eigenvalue weighted by atomic mass is 10.3. The molecule has 0 aliphatic carbocycles. The van der Waals surface area contributed by atoms with Gasteiger partial charge in [-0.15, -0.1) is 11.3 Å². The number of aromatic nitrogens is 2. The molecule has 0 bridgehead atoms. The fourth-order valence-electron chi connectivity index (χ4n) is 1.81. The number of aryl methyl sites for hydroxylation is 1. The van der Waals surface area contributed by atoms with E-state index in [-0.39, 0.29) is 5.91 Å². The van der Waals surface area contributed by atoms with Crippen LogP contribution in [0.3, 0.4) is 0 Å². The number of rotatable bonds is 6. The highest BCUT2D eigenvalue weighted by atomic mass is 32.1. The molecule has 0 aromatic carbocycles. The molecule has 108 valence electrons. The van der Waals surface area contributed by atoms with Gasteiger partial charge in [0.05, 0.1) is 5.39 Å². The first-order valence-electron chi connectivity index (χ1n) is 6.60. The van der Waals surface area contributed by atoms with Crippen molar-refractivity contribution < 1.29 is 4.79 Å². The summed E-state index contributed by atoms with van der Waals surface area (Å²) in [7, 11) is 3.43. The number of carbonyl (C=O) groups is 1. The normalized spacial score (nSPS) is 10.6. The summed E-state index contributed by atoms with van der Waals surface area (Å²) < 4.78 is 0. The first-order valence-corrected chi connectivity index (χ1v) is 7.42. The summed E-state index contributed by atoms with van der Waals surface area (Å²) in [5, 5.41) is 9.80. The van der Waals surface area contributed by atoms with Gasteiger partial charge in [-0.3, -0.25) is 4.79 Å². The van der Waals surface area contributed by atoms with Crippen molar-refractivity contribution in [3.05, 3.63) is 10.9 Å². The van der Waals surface area contributed by atoms with Crippen LogP contribution in [0.4, 0.5) is 11.8 Å². The van der Waals surface area contributed by atoms with E-state index in [2.05, 4.69) is 38.9 Å². The molecule has 1 amide bonds. The Hall–Kier alpha value is -1.89. The summed E-state index contributed by atoms with van der Waals surface area (Å²) in [6.45, 7) is 2.67. The van der Waals surface area contributed by atoms with Crippen molar-refractivity contribution in [2.45, 2.75) is 19.8 Å². The Morgan fingerprint density at radius 1 is 1.35 bits per heavy atom. The van der Waals surface area contributed by atoms with Gasteiger partial charge < -0.3 is 16.0 Å². The summed E-state index contributed by atoms with van der Waals surface area (Å²) in [5.74, 6) is 1.37. The third-order valence-electron chi connectivity index (χ3n) is 2.94. The quantitative estimate of drug-likeness (QED) is 0.757. The summed E-state index contributed by atoms with van der Waals surface area (Å²) in [5.41, 5.74) is 0. The molecule has 0 saturated carbocycles. The maximum Gasteiger partial charge on any atom is 0.225 e. The van der Waals surface area contributed by atoms with Crippen LogP contribution in [0.25, 0.3) is 10.2 Å². The maximum absolute atomic E-state index is 11.2. The third kappa shape index (κ3) is 3.16. The van der Waals surface area contributed by atoms with Gasteiger partial charge in [0.25, 0.3) is 0 Å². The average Bonchev–Trinajstić information content (AvgIpc) is 2.89. The Balaban J connectivity index is 2.25. The van der Waals surface area contributed by atoms with E-state index in [0.717, 1.165) is 22.5 Å². The van der Waals surface area contributed by atoms with Gasteiger partial charge in [-0.2, -0.15) is 4.98 Å². The second-order valence-corrected chi connectivity index (χ2v) is 5.40. The van der Waals surface area contributed by atoms with Gasteiger partial charge in [0.2, 0.25) is 11.9 Å². The Bertz CT molecular complexity index is 610. The van der Waals surface area contributed by atoms with Crippen molar-refractivity contribution in [1.82, 2.24) is 15.3 Å². The minimum Gasteiger partial charge on any atom is -0.369 e. The van der Waals surface area contributed by atoms with Crippen LogP contribution in [0.5, 0.6) is 0 Å². The number of carbonyl (C=O) groups excluding carboxylic acids is 1. The van der Waals surface area contributed by atoms with E-state index in [1.165, 1.54) is 4.88 Å². The highest BCUT2D eigenvalue weighted by molar-refractivity contribution is 7.18. The molecule has 2 rings (SSSR count). The molecule has 20 heavy (non-hydrogen) atoms. The molecule has 0 atom stereocenters. The van der Waals surface area contributed by atoms with Crippen molar-refractivity contribution in [2.24, 2.45) is 0 Å². The summed E-state index contributed by atoms with van der Waals surface area (Å²) >= 11 is 1.67. The Labute approximate surface area is 122 Å². The second kappa shape index (κ2) is 6.51. The molecular formula is C13H19N5OS. The lowest BCUT2D eigenvalue weighted by Gasteiger charge is -2.08. The molecule has 2 aromatic heterocycles. The van der Waals surface area contributed by atoms with E-state index in [4.69, 9.17) is 0 Å². The smallest absolute Gasteiger partial charge is 0.225 e. The number of nitrogens with zero attached hydrogens (tertiary/aromatic N) is 2. The van der Waals surface area contributed by atoms with Crippen molar-refractivity contribution in [1.29, 1.82) is 0 Å². The molecule has 0 unspecified atom stereocenters. The fraction of sp³-hybridized carbons (Fsp3) is 0.462. The van der Waals surface area contributed by atoms with Crippen LogP contribution in [0.1, 0.15) is 18.2 Å². The number of hydrogen-bond acceptors (Lipinski definition) is 6. The van der Waals surface area contributed by atoms with Crippen molar-refractivity contribution >= 4 is 39.2 Å². The van der Waals surface area contributed by atoms with Crippen LogP contribution in [0.2, 0.25) is 0 Å². The van der Waals surface area contributed by atoms with Gasteiger partial charge in [0, 0.05) is 31.9 Å². The van der Waals surface area contributed by atoms with Crippen LogP contribution in [0.15, 0.2) is 6.07 Å². The van der Waals surface area contributed by atoms with Crippen LogP contribution in [-0.4, -0.2) is 36.5 Å². The van der Waals surface area contributed by atoms with Gasteiger partial charge in [-0.25, -0.2) is 4.98 Å². The molecule has 0 aliphatic rings. The number of anilines is 2. The third-order valence-corrected chi connectivity index (χ3v) is 4.11. The van der Waals surface area contributed by atoms with Crippen LogP contribution >= 0.6 is 11.3 Å². The predicted octanol–water partition coefficient (Wildman–Crippen LogP) is 1.84. The van der Waals surface area contributed by atoms with E-state index >= 15 is 0 Å². The lowest BCUT2D eigenvalue weighted by Crippen LogP contribution is -2.21. The summed E-state index contributed by atoms with van der Waals surface area (Å²) in [6, 6.07) is 2.11. The highest BCUT2D eigenvalue weighted by Gasteiger charge is 2.11. The van der Waals surface area contributed by atoms with Crippen molar-refractivity contribution in [2.75, 3.05) is 31.3 Å². The number of fused-ring (bicyclic) bond motifs is 1. The largest absolute Gasteiger partial charge is 0.369 e. The number of hydrogen-bond donors (Lipinski definition) is 3. The van der Waals surface area contributed by atoms with E-state index in [1.54, 1.807) is 25.4 Å². The summed E-state index contributed by atoms with van der Waals surface area (Å²) in [6.07, 6.45) is 1.40. The van der Waals surface area contributed by atoms with Crippen molar-refractivity contribution in [3.63, 3.8) is 0 Å². The van der Waals surface area contributed by atoms with E-state index in [1.807, 2.05) is 0 Å². The molecule has 3 N–H and O–H groups in total. The van der Waals surface area contributed by atoms with E-state index in [9.17, 15) is 4.79 Å². The predicted molar refractivity (Wildman–Crippen MR) is 83.5 cm³/mol. The second-order valence-electron chi connectivity index (χ2n) is 4.28. The standard InChI is InChI=1S/C13H19N5OS/c1-4-8-7-9-11(16-6-5-10(19)14-2)17-13(15-3)18-12(9)20-8/h7H,4-6H2,1-3H3,(H,14,19)(H2,15,16,17,18). The zero-order valence-electron chi connectivity index (χ0n) is 11.9. The maximum atomic E-state index is 11.2. The molecule has 2 aromatic rings. The average molecular weight is 293 g/mol.